The van der Waals surface area contributed by atoms with Crippen LogP contribution < -0.4 is 0 Å². The van der Waals surface area contributed by atoms with Crippen LogP contribution in [-0.4, -0.2) is 45.3 Å². The average molecular weight is 276 g/mol. The van der Waals surface area contributed by atoms with Crippen LogP contribution in [0.15, 0.2) is 6.33 Å². The topological polar surface area (TPSA) is 61.9 Å². The van der Waals surface area contributed by atoms with E-state index in [4.69, 9.17) is 0 Å². The van der Waals surface area contributed by atoms with Crippen LogP contribution in [0.25, 0.3) is 0 Å². The summed E-state index contributed by atoms with van der Waals surface area (Å²) in [6.45, 7) is 0.924. The van der Waals surface area contributed by atoms with Gasteiger partial charge in [0, 0.05) is 25.4 Å². The van der Waals surface area contributed by atoms with Crippen molar-refractivity contribution in [2.24, 2.45) is 0 Å². The van der Waals surface area contributed by atoms with Gasteiger partial charge in [-0.2, -0.15) is 18.3 Å². The first kappa shape index (κ1) is 13.8. The molecule has 8 heteroatoms. The standard InChI is InChI=1S/C11H15F3N4O/c12-11(13,14)4-3-9(19)18-5-1-2-8(6-18)10-15-7-16-17-10/h7-8H,1-6H2,(H,15,16,17). The lowest BCUT2D eigenvalue weighted by atomic mass is 9.97. The zero-order valence-corrected chi connectivity index (χ0v) is 10.3. The van der Waals surface area contributed by atoms with Gasteiger partial charge in [-0.3, -0.25) is 9.89 Å². The Balaban J connectivity index is 1.88. The summed E-state index contributed by atoms with van der Waals surface area (Å²) in [5.41, 5.74) is 0. The molecule has 0 aliphatic carbocycles. The van der Waals surface area contributed by atoms with Gasteiger partial charge in [0.15, 0.2) is 0 Å². The van der Waals surface area contributed by atoms with E-state index in [1.807, 2.05) is 0 Å². The molecule has 1 fully saturated rings. The van der Waals surface area contributed by atoms with E-state index in [0.29, 0.717) is 18.9 Å². The fourth-order valence-corrected chi connectivity index (χ4v) is 2.25. The van der Waals surface area contributed by atoms with Crippen molar-refractivity contribution in [3.63, 3.8) is 0 Å². The molecule has 0 aromatic carbocycles. The number of amides is 1. The molecule has 1 amide bonds. The average Bonchev–Trinajstić information content (AvgIpc) is 2.89. The number of hydrogen-bond acceptors (Lipinski definition) is 3. The van der Waals surface area contributed by atoms with Gasteiger partial charge in [0.1, 0.15) is 12.2 Å². The van der Waals surface area contributed by atoms with Crippen LogP contribution in [0.3, 0.4) is 0 Å². The van der Waals surface area contributed by atoms with Gasteiger partial charge in [0.2, 0.25) is 5.91 Å². The van der Waals surface area contributed by atoms with Gasteiger partial charge in [0.05, 0.1) is 6.42 Å². The molecule has 0 bridgehead atoms. The Morgan fingerprint density at radius 3 is 2.95 bits per heavy atom. The third-order valence-electron chi connectivity index (χ3n) is 3.22. The summed E-state index contributed by atoms with van der Waals surface area (Å²) >= 11 is 0. The van der Waals surface area contributed by atoms with Crippen molar-refractivity contribution < 1.29 is 18.0 Å². The first-order chi connectivity index (χ1) is 8.96. The number of piperidine rings is 1. The zero-order chi connectivity index (χ0) is 13.9. The van der Waals surface area contributed by atoms with Gasteiger partial charge in [-0.25, -0.2) is 4.98 Å². The van der Waals surface area contributed by atoms with Crippen LogP contribution in [0, 0.1) is 0 Å². The Bertz CT molecular complexity index is 418. The number of aromatic nitrogens is 3. The van der Waals surface area contributed by atoms with Crippen LogP contribution in [0.2, 0.25) is 0 Å². The number of alkyl halides is 3. The number of aromatic amines is 1. The second-order valence-electron chi connectivity index (χ2n) is 4.66. The number of nitrogens with one attached hydrogen (secondary N) is 1. The Kier molecular flexibility index (Phi) is 4.06. The van der Waals surface area contributed by atoms with Crippen molar-refractivity contribution in [2.45, 2.75) is 37.8 Å². The lowest BCUT2D eigenvalue weighted by Crippen LogP contribution is -2.39. The maximum atomic E-state index is 12.1. The molecule has 2 rings (SSSR count). The molecule has 0 radical (unpaired) electrons. The van der Waals surface area contributed by atoms with E-state index in [1.54, 1.807) is 0 Å². The molecular weight excluding hydrogens is 261 g/mol. The number of carbonyl (C=O) groups is 1. The van der Waals surface area contributed by atoms with Crippen molar-refractivity contribution in [2.75, 3.05) is 13.1 Å². The zero-order valence-electron chi connectivity index (χ0n) is 10.3. The van der Waals surface area contributed by atoms with Crippen LogP contribution >= 0.6 is 0 Å². The molecule has 2 heterocycles. The van der Waals surface area contributed by atoms with E-state index in [0.717, 1.165) is 12.8 Å². The van der Waals surface area contributed by atoms with Crippen LogP contribution in [0.5, 0.6) is 0 Å². The maximum absolute atomic E-state index is 12.1. The molecule has 5 nitrogen and oxygen atoms in total. The SMILES string of the molecule is O=C(CCC(F)(F)F)N1CCCC(c2ncn[nH]2)C1. The number of hydrogen-bond donors (Lipinski definition) is 1. The highest BCUT2D eigenvalue weighted by Gasteiger charge is 2.31. The van der Waals surface area contributed by atoms with E-state index in [1.165, 1.54) is 11.2 Å². The minimum absolute atomic E-state index is 0.0334. The normalized spacial score (nSPS) is 20.6. The van der Waals surface area contributed by atoms with E-state index >= 15 is 0 Å². The number of likely N-dealkylation sites (tertiary alicyclic amines) is 1. The fraction of sp³-hybridized carbons (Fsp3) is 0.727. The van der Waals surface area contributed by atoms with E-state index < -0.39 is 24.9 Å². The van der Waals surface area contributed by atoms with E-state index in [-0.39, 0.29) is 5.92 Å². The molecule has 1 unspecified atom stereocenters. The first-order valence-electron chi connectivity index (χ1n) is 6.15. The maximum Gasteiger partial charge on any atom is 0.389 e. The molecule has 0 saturated carbocycles. The van der Waals surface area contributed by atoms with Gasteiger partial charge >= 0.3 is 6.18 Å². The molecule has 1 aliphatic rings. The molecule has 106 valence electrons. The highest BCUT2D eigenvalue weighted by atomic mass is 19.4. The van der Waals surface area contributed by atoms with Crippen molar-refractivity contribution in [1.82, 2.24) is 20.1 Å². The fourth-order valence-electron chi connectivity index (χ4n) is 2.25. The largest absolute Gasteiger partial charge is 0.389 e. The summed E-state index contributed by atoms with van der Waals surface area (Å²) in [7, 11) is 0. The van der Waals surface area contributed by atoms with Crippen LogP contribution in [0.4, 0.5) is 13.2 Å². The molecule has 1 aliphatic heterocycles. The molecule has 0 spiro atoms. The number of rotatable bonds is 3. The number of H-pyrrole nitrogens is 1. The lowest BCUT2D eigenvalue weighted by Gasteiger charge is -2.31. The number of carbonyl (C=O) groups excluding carboxylic acids is 1. The minimum Gasteiger partial charge on any atom is -0.342 e. The van der Waals surface area contributed by atoms with E-state index in [2.05, 4.69) is 15.2 Å². The summed E-state index contributed by atoms with van der Waals surface area (Å²) in [5.74, 6) is 0.279. The summed E-state index contributed by atoms with van der Waals surface area (Å²) in [4.78, 5) is 17.3. The second kappa shape index (κ2) is 5.58. The van der Waals surface area contributed by atoms with Crippen molar-refractivity contribution >= 4 is 5.91 Å². The van der Waals surface area contributed by atoms with Gasteiger partial charge in [-0.1, -0.05) is 0 Å². The quantitative estimate of drug-likeness (QED) is 0.916. The minimum atomic E-state index is -4.28. The van der Waals surface area contributed by atoms with Gasteiger partial charge in [-0.15, -0.1) is 0 Å². The Labute approximate surface area is 108 Å². The third-order valence-corrected chi connectivity index (χ3v) is 3.22. The molecule has 1 N–H and O–H groups in total. The van der Waals surface area contributed by atoms with Gasteiger partial charge in [0.25, 0.3) is 0 Å². The second-order valence-corrected chi connectivity index (χ2v) is 4.66. The van der Waals surface area contributed by atoms with Crippen molar-refractivity contribution in [3.8, 4) is 0 Å². The van der Waals surface area contributed by atoms with Gasteiger partial charge < -0.3 is 4.90 Å². The smallest absolute Gasteiger partial charge is 0.342 e. The molecule has 1 atom stereocenters. The number of nitrogens with zero attached hydrogens (tertiary/aromatic N) is 3. The highest BCUT2D eigenvalue weighted by molar-refractivity contribution is 5.76. The molecule has 1 aromatic heterocycles. The predicted molar refractivity (Wildman–Crippen MR) is 60.2 cm³/mol. The molecular formula is C11H15F3N4O. The first-order valence-corrected chi connectivity index (χ1v) is 6.15. The van der Waals surface area contributed by atoms with Gasteiger partial charge in [-0.05, 0) is 12.8 Å². The monoisotopic (exact) mass is 276 g/mol. The van der Waals surface area contributed by atoms with Crippen molar-refractivity contribution in [1.29, 1.82) is 0 Å². The number of halogens is 3. The Hall–Kier alpha value is -1.60. The van der Waals surface area contributed by atoms with Crippen LogP contribution in [-0.2, 0) is 4.79 Å². The molecule has 1 saturated heterocycles. The van der Waals surface area contributed by atoms with E-state index in [9.17, 15) is 18.0 Å². The Morgan fingerprint density at radius 2 is 2.32 bits per heavy atom. The summed E-state index contributed by atoms with van der Waals surface area (Å²) < 4.78 is 36.3. The summed E-state index contributed by atoms with van der Waals surface area (Å²) in [5, 5.41) is 6.49. The molecule has 1 aromatic rings. The third kappa shape index (κ3) is 3.93. The highest BCUT2D eigenvalue weighted by Crippen LogP contribution is 2.26. The summed E-state index contributed by atoms with van der Waals surface area (Å²) in [6.07, 6.45) is -2.81. The molecule has 19 heavy (non-hydrogen) atoms. The Morgan fingerprint density at radius 1 is 1.53 bits per heavy atom. The summed E-state index contributed by atoms with van der Waals surface area (Å²) in [6, 6.07) is 0. The lowest BCUT2D eigenvalue weighted by molar-refractivity contribution is -0.149. The van der Waals surface area contributed by atoms with Crippen LogP contribution in [0.1, 0.15) is 37.4 Å². The van der Waals surface area contributed by atoms with Crippen molar-refractivity contribution in [3.05, 3.63) is 12.2 Å². The predicted octanol–water partition coefficient (Wildman–Crippen LogP) is 1.85.